The number of benzene rings is 2. The van der Waals surface area contributed by atoms with E-state index in [9.17, 15) is 29.1 Å². The van der Waals surface area contributed by atoms with Gasteiger partial charge in [-0.05, 0) is 74.5 Å². The number of hydrogen-bond acceptors (Lipinski definition) is 8. The number of carboxylic acid groups (broad SMARTS) is 1. The van der Waals surface area contributed by atoms with Gasteiger partial charge in [0, 0.05) is 32.6 Å². The van der Waals surface area contributed by atoms with Crippen LogP contribution in [0.25, 0.3) is 0 Å². The summed E-state index contributed by atoms with van der Waals surface area (Å²) < 4.78 is 0. The van der Waals surface area contributed by atoms with Crippen molar-refractivity contribution in [3.8, 4) is 0 Å². The van der Waals surface area contributed by atoms with Crippen molar-refractivity contribution in [2.75, 3.05) is 39.3 Å². The molecule has 2 aromatic carbocycles. The first-order valence-electron chi connectivity index (χ1n) is 19.0. The van der Waals surface area contributed by atoms with E-state index in [4.69, 9.17) is 11.5 Å². The molecule has 7 N–H and O–H groups in total. The molecular weight excluding hydrogens is 660 g/mol. The largest absolute Gasteiger partial charge is 0.480 e. The maximum absolute atomic E-state index is 14.4. The number of aliphatic carboxylic acids is 1. The summed E-state index contributed by atoms with van der Waals surface area (Å²) in [6.45, 7) is 2.79. The fourth-order valence-electron chi connectivity index (χ4n) is 8.38. The monoisotopic (exact) mass is 716 g/mol. The molecule has 1 saturated carbocycles. The van der Waals surface area contributed by atoms with Crippen LogP contribution in [0.1, 0.15) is 68.9 Å². The Balaban J connectivity index is 1.30. The van der Waals surface area contributed by atoms with E-state index >= 15 is 0 Å². The fourth-order valence-corrected chi connectivity index (χ4v) is 8.38. The normalized spacial score (nSPS) is 21.5. The van der Waals surface area contributed by atoms with Crippen molar-refractivity contribution in [2.45, 2.75) is 88.8 Å². The summed E-state index contributed by atoms with van der Waals surface area (Å²) in [6, 6.07) is 16.5. The van der Waals surface area contributed by atoms with Gasteiger partial charge in [0.1, 0.15) is 6.04 Å². The molecule has 0 bridgehead atoms. The fraction of sp³-hybridized carbons (Fsp3) is 0.575. The molecule has 2 aliphatic heterocycles. The lowest BCUT2D eigenvalue weighted by Gasteiger charge is -2.38. The zero-order valence-electron chi connectivity index (χ0n) is 30.2. The predicted octanol–water partition coefficient (Wildman–Crippen LogP) is 2.28. The van der Waals surface area contributed by atoms with E-state index in [1.165, 1.54) is 0 Å². The van der Waals surface area contributed by atoms with Crippen LogP contribution < -0.4 is 22.1 Å². The van der Waals surface area contributed by atoms with E-state index in [2.05, 4.69) is 10.6 Å². The highest BCUT2D eigenvalue weighted by atomic mass is 16.4. The van der Waals surface area contributed by atoms with E-state index in [0.29, 0.717) is 71.2 Å². The lowest BCUT2D eigenvalue weighted by atomic mass is 9.69. The summed E-state index contributed by atoms with van der Waals surface area (Å²) in [6.07, 6.45) is 5.91. The Labute approximate surface area is 307 Å². The van der Waals surface area contributed by atoms with Crippen LogP contribution in [-0.4, -0.2) is 102 Å². The van der Waals surface area contributed by atoms with Gasteiger partial charge in [-0.25, -0.2) is 0 Å². The van der Waals surface area contributed by atoms with Crippen molar-refractivity contribution in [1.29, 1.82) is 0 Å². The van der Waals surface area contributed by atoms with Crippen LogP contribution in [0.2, 0.25) is 0 Å². The van der Waals surface area contributed by atoms with Gasteiger partial charge in [-0.2, -0.15) is 0 Å². The first-order valence-corrected chi connectivity index (χ1v) is 19.0. The third-order valence-electron chi connectivity index (χ3n) is 11.2. The number of carboxylic acids is 1. The zero-order valence-corrected chi connectivity index (χ0v) is 30.2. The van der Waals surface area contributed by atoms with Gasteiger partial charge >= 0.3 is 5.97 Å². The molecule has 52 heavy (non-hydrogen) atoms. The van der Waals surface area contributed by atoms with Crippen molar-refractivity contribution in [1.82, 2.24) is 20.4 Å². The second kappa shape index (κ2) is 18.6. The Morgan fingerprint density at radius 3 is 1.96 bits per heavy atom. The molecule has 3 aliphatic rings. The number of hydrogen-bond donors (Lipinski definition) is 5. The van der Waals surface area contributed by atoms with Gasteiger partial charge in [-0.15, -0.1) is 0 Å². The van der Waals surface area contributed by atoms with Gasteiger partial charge in [0.25, 0.3) is 0 Å². The smallest absolute Gasteiger partial charge is 0.317 e. The number of Topliss-reactive ketones (excluding diaryl/α,β-unsaturated/α-hetero) is 1. The zero-order chi connectivity index (χ0) is 37.1. The van der Waals surface area contributed by atoms with Crippen molar-refractivity contribution >= 4 is 29.5 Å². The minimum absolute atomic E-state index is 0.00407. The van der Waals surface area contributed by atoms with E-state index < -0.39 is 35.4 Å². The first-order chi connectivity index (χ1) is 25.1. The highest BCUT2D eigenvalue weighted by molar-refractivity contribution is 5.96. The molecule has 5 unspecified atom stereocenters. The summed E-state index contributed by atoms with van der Waals surface area (Å²) >= 11 is 0. The van der Waals surface area contributed by atoms with E-state index in [1.807, 2.05) is 70.5 Å². The number of fused-ring (bicyclic) bond motifs is 1. The van der Waals surface area contributed by atoms with Crippen LogP contribution in [0.15, 0.2) is 60.7 Å². The summed E-state index contributed by atoms with van der Waals surface area (Å²) in [5, 5.41) is 15.3. The lowest BCUT2D eigenvalue weighted by molar-refractivity contribution is -0.143. The van der Waals surface area contributed by atoms with Gasteiger partial charge in [0.05, 0.1) is 24.0 Å². The second-order valence-corrected chi connectivity index (χ2v) is 15.2. The number of amides is 3. The van der Waals surface area contributed by atoms with Gasteiger partial charge in [-0.3, -0.25) is 28.9 Å². The van der Waals surface area contributed by atoms with Crippen LogP contribution in [0.5, 0.6) is 0 Å². The minimum atomic E-state index is -1.01. The summed E-state index contributed by atoms with van der Waals surface area (Å²) in [7, 11) is 0. The van der Waals surface area contributed by atoms with Gasteiger partial charge in [-0.1, -0.05) is 79.9 Å². The molecule has 282 valence electrons. The molecular formula is C40H56N6O6. The third kappa shape index (κ3) is 10.5. The van der Waals surface area contributed by atoms with Crippen LogP contribution in [0, 0.1) is 17.3 Å². The maximum Gasteiger partial charge on any atom is 0.317 e. The maximum atomic E-state index is 14.4. The molecule has 3 fully saturated rings. The topological polar surface area (TPSA) is 188 Å². The number of nitrogens with zero attached hydrogens (tertiary/aromatic N) is 2. The molecule has 0 radical (unpaired) electrons. The van der Waals surface area contributed by atoms with Crippen LogP contribution >= 0.6 is 0 Å². The van der Waals surface area contributed by atoms with E-state index in [0.717, 1.165) is 30.4 Å². The van der Waals surface area contributed by atoms with Gasteiger partial charge in [0.2, 0.25) is 17.7 Å². The molecule has 2 heterocycles. The number of carbonyl (C=O) groups excluding carboxylic acids is 4. The summed E-state index contributed by atoms with van der Waals surface area (Å²) in [5.41, 5.74) is 12.9. The number of nitrogens with two attached hydrogens (primary N) is 2. The number of carbonyl (C=O) groups is 5. The average Bonchev–Trinajstić information content (AvgIpc) is 3.70. The molecule has 2 saturated heterocycles. The van der Waals surface area contributed by atoms with Crippen LogP contribution in [0.4, 0.5) is 0 Å². The number of unbranched alkanes of at least 4 members (excludes halogenated alkanes) is 1. The molecule has 12 heteroatoms. The van der Waals surface area contributed by atoms with Gasteiger partial charge < -0.3 is 32.1 Å². The third-order valence-corrected chi connectivity index (χ3v) is 11.2. The number of likely N-dealkylation sites (tertiary alicyclic amines) is 2. The van der Waals surface area contributed by atoms with E-state index in [-0.39, 0.29) is 48.8 Å². The molecule has 5 atom stereocenters. The molecule has 5 rings (SSSR count). The highest BCUT2D eigenvalue weighted by Crippen LogP contribution is 2.41. The van der Waals surface area contributed by atoms with Crippen LogP contribution in [0.3, 0.4) is 0 Å². The standard InChI is InChI=1S/C40H56N6O6/c41-19-11-8-16-33(38(51)46-25-30-23-45(27-36(48)49)24-31(30)26-46)44-39(52)40(17-9-3-10-18-40)22-35(47)34(21-29-14-6-2-7-15-29)43-37(50)32(42)20-28-12-4-1-5-13-28/h1-2,4-7,12-15,30-34H,3,8-11,16-27,41-42H2,(H,43,50)(H,44,52)(H,48,49). The van der Waals surface area contributed by atoms with Crippen molar-refractivity contribution in [3.05, 3.63) is 71.8 Å². The number of ketones is 1. The molecule has 2 aromatic rings. The summed E-state index contributed by atoms with van der Waals surface area (Å²) in [4.78, 5) is 71.2. The molecule has 0 spiro atoms. The number of nitrogens with one attached hydrogen (secondary N) is 2. The Morgan fingerprint density at radius 1 is 0.788 bits per heavy atom. The number of rotatable bonds is 18. The summed E-state index contributed by atoms with van der Waals surface area (Å²) in [5.74, 6) is -1.54. The highest BCUT2D eigenvalue weighted by Gasteiger charge is 2.46. The van der Waals surface area contributed by atoms with Crippen LogP contribution in [-0.2, 0) is 36.8 Å². The molecule has 0 aromatic heterocycles. The Morgan fingerprint density at radius 2 is 1.38 bits per heavy atom. The quantitative estimate of drug-likeness (QED) is 0.144. The average molecular weight is 717 g/mol. The van der Waals surface area contributed by atoms with E-state index in [1.54, 1.807) is 0 Å². The van der Waals surface area contributed by atoms with Crippen molar-refractivity contribution in [3.63, 3.8) is 0 Å². The Bertz CT molecular complexity index is 1500. The van der Waals surface area contributed by atoms with Gasteiger partial charge in [0.15, 0.2) is 5.78 Å². The Kier molecular flexibility index (Phi) is 14.0. The Hall–Kier alpha value is -4.13. The van der Waals surface area contributed by atoms with Crippen molar-refractivity contribution in [2.24, 2.45) is 28.7 Å². The minimum Gasteiger partial charge on any atom is -0.480 e. The first kappa shape index (κ1) is 39.1. The second-order valence-electron chi connectivity index (χ2n) is 15.2. The molecule has 12 nitrogen and oxygen atoms in total. The molecule has 1 aliphatic carbocycles. The molecule has 3 amide bonds. The lowest BCUT2D eigenvalue weighted by Crippen LogP contribution is -2.55. The predicted molar refractivity (Wildman–Crippen MR) is 198 cm³/mol. The SMILES string of the molecule is NCCCCC(NC(=O)C1(CC(=O)C(Cc2ccccc2)NC(=O)C(N)Cc2ccccc2)CCCCC1)C(=O)N1CC2CN(CC(=O)O)CC2C1. The van der Waals surface area contributed by atoms with Crippen molar-refractivity contribution < 1.29 is 29.1 Å².